The van der Waals surface area contributed by atoms with Crippen molar-refractivity contribution in [3.63, 3.8) is 0 Å². The molecular weight excluding hydrogens is 455 g/mol. The van der Waals surface area contributed by atoms with E-state index in [2.05, 4.69) is 10.6 Å². The maximum absolute atomic E-state index is 13.1. The molecule has 0 aromatic heterocycles. The summed E-state index contributed by atoms with van der Waals surface area (Å²) in [5.41, 5.74) is 3.22. The van der Waals surface area contributed by atoms with Crippen molar-refractivity contribution in [2.24, 2.45) is 0 Å². The van der Waals surface area contributed by atoms with Gasteiger partial charge >= 0.3 is 0 Å². The van der Waals surface area contributed by atoms with Gasteiger partial charge in [-0.15, -0.1) is 0 Å². The van der Waals surface area contributed by atoms with E-state index in [1.165, 1.54) is 23.9 Å². The first-order valence-corrected chi connectivity index (χ1v) is 11.5. The van der Waals surface area contributed by atoms with E-state index in [4.69, 9.17) is 14.2 Å². The Labute approximate surface area is 202 Å². The number of benzene rings is 3. The third kappa shape index (κ3) is 5.63. The Morgan fingerprint density at radius 2 is 1.74 bits per heavy atom. The number of carbonyl (C=O) groups is 1. The van der Waals surface area contributed by atoms with Gasteiger partial charge < -0.3 is 24.8 Å². The molecule has 1 amide bonds. The van der Waals surface area contributed by atoms with Gasteiger partial charge in [0.05, 0.1) is 24.8 Å². The lowest BCUT2D eigenvalue weighted by atomic mass is 10.2. The van der Waals surface area contributed by atoms with Crippen LogP contribution in [0.4, 0.5) is 10.1 Å². The number of nitrogens with one attached hydrogen (secondary N) is 2. The number of aryl methyl sites for hydroxylation is 1. The highest BCUT2D eigenvalue weighted by atomic mass is 32.2. The van der Waals surface area contributed by atoms with Gasteiger partial charge in [-0.3, -0.25) is 4.79 Å². The molecule has 0 saturated carbocycles. The highest BCUT2D eigenvalue weighted by Gasteiger charge is 2.28. The van der Waals surface area contributed by atoms with Crippen LogP contribution in [0.1, 0.15) is 16.7 Å². The lowest BCUT2D eigenvalue weighted by Gasteiger charge is -2.16. The van der Waals surface area contributed by atoms with Crippen LogP contribution in [0, 0.1) is 12.7 Å². The maximum atomic E-state index is 13.1. The van der Waals surface area contributed by atoms with E-state index in [1.807, 2.05) is 37.3 Å². The van der Waals surface area contributed by atoms with E-state index in [-0.39, 0.29) is 23.8 Å². The Balaban J connectivity index is 1.45. The molecule has 8 heteroatoms. The number of anilines is 1. The number of halogens is 1. The van der Waals surface area contributed by atoms with E-state index in [0.717, 1.165) is 22.4 Å². The van der Waals surface area contributed by atoms with Crippen LogP contribution in [-0.2, 0) is 11.4 Å². The molecule has 176 valence electrons. The van der Waals surface area contributed by atoms with E-state index in [9.17, 15) is 9.18 Å². The van der Waals surface area contributed by atoms with Crippen molar-refractivity contribution in [2.75, 3.05) is 19.5 Å². The van der Waals surface area contributed by atoms with Gasteiger partial charge in [0.15, 0.2) is 17.0 Å². The molecule has 1 atom stereocenters. The third-order valence-electron chi connectivity index (χ3n) is 5.17. The number of ether oxygens (including phenoxy) is 3. The third-order valence-corrected chi connectivity index (χ3v) is 6.19. The average Bonchev–Trinajstić information content (AvgIpc) is 3.17. The molecule has 0 bridgehead atoms. The minimum atomic E-state index is -0.324. The molecule has 34 heavy (non-hydrogen) atoms. The van der Waals surface area contributed by atoms with Crippen molar-refractivity contribution < 1.29 is 23.4 Å². The number of methoxy groups -OCH3 is 2. The molecule has 1 fully saturated rings. The second-order valence-corrected chi connectivity index (χ2v) is 8.80. The Morgan fingerprint density at radius 1 is 1.00 bits per heavy atom. The summed E-state index contributed by atoms with van der Waals surface area (Å²) in [7, 11) is 3.17. The lowest BCUT2D eigenvalue weighted by Crippen LogP contribution is -2.31. The summed E-state index contributed by atoms with van der Waals surface area (Å²) in [6, 6.07) is 17.4. The summed E-state index contributed by atoms with van der Waals surface area (Å²) in [4.78, 5) is 13.1. The van der Waals surface area contributed by atoms with Crippen molar-refractivity contribution in [1.29, 1.82) is 0 Å². The molecule has 3 aromatic rings. The predicted octanol–water partition coefficient (Wildman–Crippen LogP) is 5.33. The molecule has 0 aliphatic carbocycles. The normalized spacial score (nSPS) is 16.3. The Kier molecular flexibility index (Phi) is 7.27. The number of hydrogen-bond donors (Lipinski definition) is 2. The summed E-state index contributed by atoms with van der Waals surface area (Å²) in [5.74, 6) is 1.36. The number of hydrogen-bond acceptors (Lipinski definition) is 6. The Morgan fingerprint density at radius 3 is 2.47 bits per heavy atom. The van der Waals surface area contributed by atoms with Crippen LogP contribution in [0.3, 0.4) is 0 Å². The molecule has 6 nitrogen and oxygen atoms in total. The fraction of sp³-hybridized carbons (Fsp3) is 0.192. The second-order valence-electron chi connectivity index (χ2n) is 7.65. The Bertz CT molecular complexity index is 1210. The number of amides is 1. The molecule has 0 spiro atoms. The molecule has 1 aliphatic rings. The van der Waals surface area contributed by atoms with E-state index in [0.29, 0.717) is 22.2 Å². The molecule has 4 rings (SSSR count). The van der Waals surface area contributed by atoms with Crippen LogP contribution < -0.4 is 24.8 Å². The Hall–Kier alpha value is -3.65. The van der Waals surface area contributed by atoms with Crippen LogP contribution in [0.5, 0.6) is 17.2 Å². The number of carbonyl (C=O) groups excluding carboxylic acids is 1. The topological polar surface area (TPSA) is 68.8 Å². The molecule has 1 saturated heterocycles. The van der Waals surface area contributed by atoms with Crippen LogP contribution in [-0.4, -0.2) is 25.6 Å². The van der Waals surface area contributed by atoms with Gasteiger partial charge in [0.2, 0.25) is 0 Å². The van der Waals surface area contributed by atoms with Gasteiger partial charge in [-0.25, -0.2) is 4.39 Å². The summed E-state index contributed by atoms with van der Waals surface area (Å²) < 4.78 is 29.8. The molecule has 0 radical (unpaired) electrons. The van der Waals surface area contributed by atoms with Gasteiger partial charge in [0, 0.05) is 0 Å². The van der Waals surface area contributed by atoms with Crippen LogP contribution in [0.25, 0.3) is 6.08 Å². The fourth-order valence-electron chi connectivity index (χ4n) is 3.43. The van der Waals surface area contributed by atoms with Crippen LogP contribution in [0.15, 0.2) is 65.6 Å². The van der Waals surface area contributed by atoms with Gasteiger partial charge in [-0.1, -0.05) is 36.0 Å². The molecule has 3 aromatic carbocycles. The van der Waals surface area contributed by atoms with Crippen molar-refractivity contribution in [3.05, 3.63) is 88.1 Å². The first kappa shape index (κ1) is 23.5. The van der Waals surface area contributed by atoms with Crippen molar-refractivity contribution in [3.8, 4) is 17.2 Å². The fourth-order valence-corrected chi connectivity index (χ4v) is 4.40. The first-order chi connectivity index (χ1) is 16.4. The van der Waals surface area contributed by atoms with Crippen LogP contribution in [0.2, 0.25) is 0 Å². The zero-order valence-electron chi connectivity index (χ0n) is 19.1. The lowest BCUT2D eigenvalue weighted by molar-refractivity contribution is -0.116. The van der Waals surface area contributed by atoms with Crippen LogP contribution >= 0.6 is 11.8 Å². The largest absolute Gasteiger partial charge is 0.495 e. The van der Waals surface area contributed by atoms with Gasteiger partial charge in [-0.2, -0.15) is 0 Å². The first-order valence-electron chi connectivity index (χ1n) is 10.6. The highest BCUT2D eigenvalue weighted by Crippen LogP contribution is 2.35. The van der Waals surface area contributed by atoms with Gasteiger partial charge in [-0.05, 0) is 66.1 Å². The smallest absolute Gasteiger partial charge is 0.260 e. The number of thioether (sulfide) groups is 1. The molecule has 1 heterocycles. The summed E-state index contributed by atoms with van der Waals surface area (Å²) in [6.45, 7) is 2.28. The van der Waals surface area contributed by atoms with Crippen molar-refractivity contribution in [2.45, 2.75) is 19.0 Å². The quantitative estimate of drug-likeness (QED) is 0.425. The molecular formula is C26H25FN2O4S. The summed E-state index contributed by atoms with van der Waals surface area (Å²) >= 11 is 1.39. The molecule has 1 aliphatic heterocycles. The average molecular weight is 481 g/mol. The minimum absolute atomic E-state index is 0.162. The standard InChI is InChI=1S/C26H25FN2O4S/c1-16-4-10-21(31-2)20(12-16)28-26-29-25(30)24(34-26)14-18-7-11-22(23(13-18)32-3)33-15-17-5-8-19(27)9-6-17/h4-14,26,28H,15H2,1-3H3,(H,29,30)/b24-14-. The molecule has 2 N–H and O–H groups in total. The minimum Gasteiger partial charge on any atom is -0.495 e. The maximum Gasteiger partial charge on any atom is 0.260 e. The van der Waals surface area contributed by atoms with Gasteiger partial charge in [0.25, 0.3) is 5.91 Å². The molecule has 1 unspecified atom stereocenters. The van der Waals surface area contributed by atoms with Crippen molar-refractivity contribution in [1.82, 2.24) is 5.32 Å². The van der Waals surface area contributed by atoms with Crippen molar-refractivity contribution >= 4 is 29.4 Å². The highest BCUT2D eigenvalue weighted by molar-refractivity contribution is 8.05. The predicted molar refractivity (Wildman–Crippen MR) is 133 cm³/mol. The SMILES string of the molecule is COc1ccc(C)cc1NC1NC(=O)/C(=C/c2ccc(OCc3ccc(F)cc3)c(OC)c2)S1. The summed E-state index contributed by atoms with van der Waals surface area (Å²) in [5, 5.41) is 6.24. The zero-order chi connectivity index (χ0) is 24.1. The van der Waals surface area contributed by atoms with E-state index < -0.39 is 0 Å². The van der Waals surface area contributed by atoms with E-state index >= 15 is 0 Å². The zero-order valence-corrected chi connectivity index (χ0v) is 19.9. The monoisotopic (exact) mass is 480 g/mol. The van der Waals surface area contributed by atoms with Gasteiger partial charge in [0.1, 0.15) is 18.2 Å². The van der Waals surface area contributed by atoms with E-state index in [1.54, 1.807) is 38.5 Å². The number of rotatable bonds is 8. The summed E-state index contributed by atoms with van der Waals surface area (Å²) in [6.07, 6.45) is 1.81. The second kappa shape index (κ2) is 10.5.